The number of hydrogen-bond acceptors (Lipinski definition) is 4. The minimum Gasteiger partial charge on any atom is -0.475 e. The first-order valence-electron chi connectivity index (χ1n) is 6.89. The van der Waals surface area contributed by atoms with E-state index in [9.17, 15) is 9.59 Å². The average Bonchev–Trinajstić information content (AvgIpc) is 3.15. The molecule has 0 radical (unpaired) electrons. The summed E-state index contributed by atoms with van der Waals surface area (Å²) in [4.78, 5) is 22.7. The van der Waals surface area contributed by atoms with E-state index in [-0.39, 0.29) is 29.6 Å². The molecule has 0 bridgehead atoms. The van der Waals surface area contributed by atoms with Gasteiger partial charge in [0, 0.05) is 12.6 Å². The Morgan fingerprint density at radius 1 is 1.20 bits per heavy atom. The second-order valence-corrected chi connectivity index (χ2v) is 5.41. The van der Waals surface area contributed by atoms with Crippen molar-refractivity contribution in [3.8, 4) is 0 Å². The van der Waals surface area contributed by atoms with Crippen LogP contribution >= 0.6 is 0 Å². The number of carbonyl (C=O) groups is 2. The van der Waals surface area contributed by atoms with Crippen molar-refractivity contribution in [2.75, 3.05) is 6.61 Å². The lowest BCUT2D eigenvalue weighted by atomic mass is 10.00. The first-order valence-corrected chi connectivity index (χ1v) is 6.89. The van der Waals surface area contributed by atoms with Crippen LogP contribution in [0.2, 0.25) is 0 Å². The van der Waals surface area contributed by atoms with Crippen LogP contribution in [0, 0.1) is 5.92 Å². The number of furan rings is 1. The Morgan fingerprint density at radius 3 is 2.60 bits per heavy atom. The van der Waals surface area contributed by atoms with Crippen LogP contribution in [-0.2, 0) is 4.74 Å². The molecule has 1 aliphatic heterocycles. The monoisotopic (exact) mass is 279 g/mol. The number of carbonyl (C=O) groups excluding carboxylic acids is 1. The number of carboxylic acids is 1. The number of rotatable bonds is 4. The van der Waals surface area contributed by atoms with E-state index in [4.69, 9.17) is 14.3 Å². The maximum atomic E-state index is 12.0. The zero-order valence-corrected chi connectivity index (χ0v) is 11.0. The highest BCUT2D eigenvalue weighted by Gasteiger charge is 2.36. The predicted octanol–water partition coefficient (Wildman–Crippen LogP) is 1.67. The van der Waals surface area contributed by atoms with Gasteiger partial charge in [-0.15, -0.1) is 0 Å². The van der Waals surface area contributed by atoms with Crippen LogP contribution in [0.15, 0.2) is 16.5 Å². The molecule has 3 rings (SSSR count). The highest BCUT2D eigenvalue weighted by atomic mass is 16.5. The molecule has 0 aromatic carbocycles. The first-order chi connectivity index (χ1) is 9.63. The number of nitrogens with one attached hydrogen (secondary N) is 1. The quantitative estimate of drug-likeness (QED) is 0.875. The molecule has 2 atom stereocenters. The minimum absolute atomic E-state index is 0.0388. The van der Waals surface area contributed by atoms with Crippen molar-refractivity contribution >= 4 is 11.9 Å². The van der Waals surface area contributed by atoms with Crippen molar-refractivity contribution in [2.24, 2.45) is 5.92 Å². The largest absolute Gasteiger partial charge is 0.475 e. The van der Waals surface area contributed by atoms with E-state index in [1.807, 2.05) is 0 Å². The molecular formula is C14H17NO5. The maximum Gasteiger partial charge on any atom is 0.371 e. The van der Waals surface area contributed by atoms with Crippen LogP contribution in [0.25, 0.3) is 0 Å². The molecule has 1 aromatic heterocycles. The highest BCUT2D eigenvalue weighted by Crippen LogP contribution is 2.38. The summed E-state index contributed by atoms with van der Waals surface area (Å²) in [5.41, 5.74) is 0. The second-order valence-electron chi connectivity index (χ2n) is 5.41. The third-order valence-electron chi connectivity index (χ3n) is 3.84. The van der Waals surface area contributed by atoms with Crippen molar-refractivity contribution in [2.45, 2.75) is 37.8 Å². The van der Waals surface area contributed by atoms with E-state index in [1.54, 1.807) is 0 Å². The van der Waals surface area contributed by atoms with Crippen molar-refractivity contribution in [1.82, 2.24) is 5.32 Å². The summed E-state index contributed by atoms with van der Waals surface area (Å²) in [6, 6.07) is 2.74. The smallest absolute Gasteiger partial charge is 0.371 e. The summed E-state index contributed by atoms with van der Waals surface area (Å²) >= 11 is 0. The van der Waals surface area contributed by atoms with Crippen molar-refractivity contribution in [3.63, 3.8) is 0 Å². The molecule has 20 heavy (non-hydrogen) atoms. The van der Waals surface area contributed by atoms with Gasteiger partial charge in [-0.3, -0.25) is 4.79 Å². The topological polar surface area (TPSA) is 88.8 Å². The van der Waals surface area contributed by atoms with Gasteiger partial charge in [-0.05, 0) is 43.7 Å². The van der Waals surface area contributed by atoms with Gasteiger partial charge in [0.25, 0.3) is 5.91 Å². The summed E-state index contributed by atoms with van der Waals surface area (Å²) in [6.07, 6.45) is 4.28. The third kappa shape index (κ3) is 2.85. The van der Waals surface area contributed by atoms with Crippen LogP contribution in [0.5, 0.6) is 0 Å². The Balaban J connectivity index is 1.58. The molecule has 1 aliphatic carbocycles. The molecule has 2 fully saturated rings. The van der Waals surface area contributed by atoms with Crippen molar-refractivity contribution in [3.05, 3.63) is 23.7 Å². The van der Waals surface area contributed by atoms with Gasteiger partial charge in [0.05, 0.1) is 6.10 Å². The van der Waals surface area contributed by atoms with Gasteiger partial charge in [0.1, 0.15) is 0 Å². The van der Waals surface area contributed by atoms with Crippen LogP contribution < -0.4 is 5.32 Å². The minimum atomic E-state index is -1.18. The van der Waals surface area contributed by atoms with E-state index in [1.165, 1.54) is 25.0 Å². The highest BCUT2D eigenvalue weighted by molar-refractivity contribution is 5.93. The summed E-state index contributed by atoms with van der Waals surface area (Å²) < 4.78 is 10.7. The molecule has 2 N–H and O–H groups in total. The molecule has 108 valence electrons. The van der Waals surface area contributed by atoms with E-state index in [0.29, 0.717) is 12.5 Å². The molecule has 1 saturated heterocycles. The summed E-state index contributed by atoms with van der Waals surface area (Å²) in [6.45, 7) is 0.657. The Hall–Kier alpha value is -1.82. The van der Waals surface area contributed by atoms with Crippen molar-refractivity contribution < 1.29 is 23.8 Å². The Labute approximate surface area is 116 Å². The number of hydrogen-bond donors (Lipinski definition) is 2. The van der Waals surface area contributed by atoms with Crippen LogP contribution in [0.3, 0.4) is 0 Å². The molecule has 1 aromatic rings. The molecule has 2 heterocycles. The standard InChI is InChI=1S/C14H17NO5/c16-13(10-3-4-11(20-10)14(17)18)15-9-5-6-19-12(7-9)8-1-2-8/h3-4,8-9,12H,1-2,5-7H2,(H,15,16)(H,17,18). The van der Waals surface area contributed by atoms with E-state index in [2.05, 4.69) is 5.32 Å². The summed E-state index contributed by atoms with van der Waals surface area (Å²) in [7, 11) is 0. The second kappa shape index (κ2) is 5.28. The van der Waals surface area contributed by atoms with Crippen LogP contribution in [-0.4, -0.2) is 35.7 Å². The molecule has 1 saturated carbocycles. The van der Waals surface area contributed by atoms with Gasteiger partial charge in [-0.25, -0.2) is 4.79 Å². The lowest BCUT2D eigenvalue weighted by molar-refractivity contribution is -0.0103. The van der Waals surface area contributed by atoms with Crippen LogP contribution in [0.1, 0.15) is 46.8 Å². The van der Waals surface area contributed by atoms with Gasteiger partial charge < -0.3 is 19.6 Å². The zero-order valence-electron chi connectivity index (χ0n) is 11.0. The van der Waals surface area contributed by atoms with Gasteiger partial charge in [-0.2, -0.15) is 0 Å². The number of aromatic carboxylic acids is 1. The SMILES string of the molecule is O=C(O)c1ccc(C(=O)NC2CCOC(C3CC3)C2)o1. The number of amides is 1. The van der Waals surface area contributed by atoms with E-state index >= 15 is 0 Å². The number of carboxylic acid groups (broad SMARTS) is 1. The third-order valence-corrected chi connectivity index (χ3v) is 3.84. The average molecular weight is 279 g/mol. The fraction of sp³-hybridized carbons (Fsp3) is 0.571. The first kappa shape index (κ1) is 13.2. The molecule has 6 heteroatoms. The summed E-state index contributed by atoms with van der Waals surface area (Å²) in [5.74, 6) is -1.07. The van der Waals surface area contributed by atoms with Gasteiger partial charge in [0.15, 0.2) is 5.76 Å². The van der Waals surface area contributed by atoms with E-state index in [0.717, 1.165) is 12.8 Å². The van der Waals surface area contributed by atoms with Gasteiger partial charge in [-0.1, -0.05) is 0 Å². The molecule has 1 amide bonds. The predicted molar refractivity (Wildman–Crippen MR) is 68.6 cm³/mol. The lowest BCUT2D eigenvalue weighted by Crippen LogP contribution is -2.42. The Kier molecular flexibility index (Phi) is 3.48. The molecule has 6 nitrogen and oxygen atoms in total. The number of ether oxygens (including phenoxy) is 1. The Bertz CT molecular complexity index is 519. The molecule has 2 unspecified atom stereocenters. The van der Waals surface area contributed by atoms with Crippen LogP contribution in [0.4, 0.5) is 0 Å². The van der Waals surface area contributed by atoms with E-state index < -0.39 is 5.97 Å². The molecule has 2 aliphatic rings. The fourth-order valence-corrected chi connectivity index (χ4v) is 2.59. The fourth-order valence-electron chi connectivity index (χ4n) is 2.59. The zero-order chi connectivity index (χ0) is 14.1. The van der Waals surface area contributed by atoms with Gasteiger partial charge in [0.2, 0.25) is 5.76 Å². The van der Waals surface area contributed by atoms with Crippen molar-refractivity contribution in [1.29, 1.82) is 0 Å². The summed E-state index contributed by atoms with van der Waals surface area (Å²) in [5, 5.41) is 11.7. The Morgan fingerprint density at radius 2 is 1.95 bits per heavy atom. The maximum absolute atomic E-state index is 12.0. The normalized spacial score (nSPS) is 26.2. The molecular weight excluding hydrogens is 262 g/mol. The molecule has 0 spiro atoms. The van der Waals surface area contributed by atoms with Gasteiger partial charge >= 0.3 is 5.97 Å². The lowest BCUT2D eigenvalue weighted by Gasteiger charge is -2.30.